The van der Waals surface area contributed by atoms with Crippen LogP contribution in [0.15, 0.2) is 11.6 Å². The Morgan fingerprint density at radius 1 is 0.590 bits per heavy atom. The SMILES string of the molecule is C[C@H]1[C@H](O)[C@@H](O)[C@@H](O[C@H]2[C@H](O)[C@@H](O[C@H]3O[C@@H](CO)[C@H](O)[C@@H](O)[C@@H]3O)[C@H](O[C@H](CC[C@@H](C)C3CC[C@@]4(C)C5CC=C6C(CC[C@H](O[C@@H]7O[C@H](CO)[C@@H](O)[C@H](O)[C@H]7O)C6(C)C)[C@]5(C)[C@H](O)C[C@]34C)C(C)(C)O)O[C@@H]2CO)O[C@@H]1CO. The molecule has 23 heteroatoms. The second-order valence-electron chi connectivity index (χ2n) is 26.2. The molecule has 15 N–H and O–H groups in total. The number of aliphatic hydroxyl groups excluding tert-OH is 14. The molecule has 30 atom stereocenters. The Hall–Kier alpha value is -1.18. The van der Waals surface area contributed by atoms with E-state index < -0.39 is 184 Å². The molecular formula is C55H94O23. The highest BCUT2D eigenvalue weighted by atomic mass is 16.8. The van der Waals surface area contributed by atoms with E-state index in [1.54, 1.807) is 20.8 Å². The lowest BCUT2D eigenvalue weighted by molar-refractivity contribution is -0.392. The Labute approximate surface area is 457 Å². The number of fused-ring (bicyclic) bond motifs is 5. The molecule has 452 valence electrons. The van der Waals surface area contributed by atoms with E-state index in [-0.39, 0.29) is 40.9 Å². The van der Waals surface area contributed by atoms with Gasteiger partial charge in [0.1, 0.15) is 79.4 Å². The first kappa shape index (κ1) is 62.9. The first-order chi connectivity index (χ1) is 36.5. The van der Waals surface area contributed by atoms with Gasteiger partial charge in [-0.05, 0) is 99.7 Å². The van der Waals surface area contributed by atoms with E-state index in [2.05, 4.69) is 47.6 Å². The number of hydrogen-bond donors (Lipinski definition) is 15. The van der Waals surface area contributed by atoms with E-state index in [1.165, 1.54) is 5.57 Å². The predicted octanol–water partition coefficient (Wildman–Crippen LogP) is -1.96. The summed E-state index contributed by atoms with van der Waals surface area (Å²) in [5, 5.41) is 163. The molecule has 0 aromatic heterocycles. The molecule has 78 heavy (non-hydrogen) atoms. The van der Waals surface area contributed by atoms with Crippen LogP contribution in [0.1, 0.15) is 114 Å². The topological polar surface area (TPSA) is 377 Å². The predicted molar refractivity (Wildman–Crippen MR) is 271 cm³/mol. The van der Waals surface area contributed by atoms with Gasteiger partial charge in [0.2, 0.25) is 0 Å². The molecule has 4 aliphatic carbocycles. The van der Waals surface area contributed by atoms with Gasteiger partial charge in [0.15, 0.2) is 25.2 Å². The summed E-state index contributed by atoms with van der Waals surface area (Å²) < 4.78 is 48.7. The van der Waals surface area contributed by atoms with Crippen molar-refractivity contribution in [3.8, 4) is 0 Å². The van der Waals surface area contributed by atoms with Crippen molar-refractivity contribution in [1.82, 2.24) is 0 Å². The van der Waals surface area contributed by atoms with Crippen LogP contribution >= 0.6 is 0 Å². The second-order valence-corrected chi connectivity index (χ2v) is 26.2. The maximum absolute atomic E-state index is 12.7. The molecule has 0 spiro atoms. The average Bonchev–Trinajstić information content (AvgIpc) is 3.86. The third-order valence-electron chi connectivity index (χ3n) is 21.2. The highest BCUT2D eigenvalue weighted by molar-refractivity contribution is 5.32. The van der Waals surface area contributed by atoms with Crippen molar-refractivity contribution < 1.29 is 114 Å². The van der Waals surface area contributed by atoms with Gasteiger partial charge >= 0.3 is 0 Å². The summed E-state index contributed by atoms with van der Waals surface area (Å²) in [6.45, 7) is 15.2. The van der Waals surface area contributed by atoms with Crippen molar-refractivity contribution in [1.29, 1.82) is 0 Å². The molecule has 7 fully saturated rings. The summed E-state index contributed by atoms with van der Waals surface area (Å²) in [6, 6.07) is 0. The molecule has 8 aliphatic rings. The van der Waals surface area contributed by atoms with E-state index in [9.17, 15) is 76.6 Å². The van der Waals surface area contributed by atoms with Gasteiger partial charge in [0.25, 0.3) is 0 Å². The van der Waals surface area contributed by atoms with Gasteiger partial charge in [-0.3, -0.25) is 0 Å². The van der Waals surface area contributed by atoms with Crippen LogP contribution in [0.25, 0.3) is 0 Å². The van der Waals surface area contributed by atoms with Crippen LogP contribution in [0.4, 0.5) is 0 Å². The fourth-order valence-electron chi connectivity index (χ4n) is 15.9. The quantitative estimate of drug-likeness (QED) is 0.0704. The molecule has 0 bridgehead atoms. The van der Waals surface area contributed by atoms with Crippen LogP contribution in [0.3, 0.4) is 0 Å². The monoisotopic (exact) mass is 1120 g/mol. The minimum absolute atomic E-state index is 0.0160. The van der Waals surface area contributed by atoms with Crippen LogP contribution in [0.2, 0.25) is 0 Å². The van der Waals surface area contributed by atoms with Gasteiger partial charge in [-0.1, -0.05) is 60.1 Å². The minimum Gasteiger partial charge on any atom is -0.394 e. The maximum atomic E-state index is 12.7. The normalized spacial score (nSPS) is 51.4. The Bertz CT molecular complexity index is 2020. The molecule has 0 amide bonds. The van der Waals surface area contributed by atoms with Gasteiger partial charge in [0, 0.05) is 16.7 Å². The molecule has 8 rings (SSSR count). The number of allylic oxidation sites excluding steroid dienone is 1. The number of hydrogen-bond acceptors (Lipinski definition) is 23. The van der Waals surface area contributed by atoms with Crippen molar-refractivity contribution >= 4 is 0 Å². The molecule has 0 aromatic carbocycles. The van der Waals surface area contributed by atoms with Crippen molar-refractivity contribution in [2.24, 2.45) is 51.2 Å². The molecule has 0 aromatic rings. The smallest absolute Gasteiger partial charge is 0.187 e. The van der Waals surface area contributed by atoms with E-state index in [4.69, 9.17) is 37.9 Å². The fraction of sp³-hybridized carbons (Fsp3) is 0.964. The number of aliphatic hydroxyl groups is 15. The van der Waals surface area contributed by atoms with E-state index >= 15 is 0 Å². The Balaban J connectivity index is 0.995. The lowest BCUT2D eigenvalue weighted by Crippen LogP contribution is -2.67. The van der Waals surface area contributed by atoms with Crippen molar-refractivity contribution in [2.45, 2.75) is 254 Å². The molecule has 4 saturated heterocycles. The molecule has 4 heterocycles. The van der Waals surface area contributed by atoms with Crippen LogP contribution in [-0.2, 0) is 37.9 Å². The van der Waals surface area contributed by atoms with Crippen LogP contribution in [-0.4, -0.2) is 244 Å². The summed E-state index contributed by atoms with van der Waals surface area (Å²) in [6.07, 6.45) is -24.6. The molecule has 23 nitrogen and oxygen atoms in total. The van der Waals surface area contributed by atoms with E-state index in [1.807, 2.05) is 0 Å². The molecule has 3 saturated carbocycles. The van der Waals surface area contributed by atoms with Crippen LogP contribution < -0.4 is 0 Å². The Morgan fingerprint density at radius 3 is 1.65 bits per heavy atom. The van der Waals surface area contributed by atoms with Crippen LogP contribution in [0.5, 0.6) is 0 Å². The van der Waals surface area contributed by atoms with Crippen molar-refractivity contribution in [3.63, 3.8) is 0 Å². The Kier molecular flexibility index (Phi) is 19.1. The zero-order valence-electron chi connectivity index (χ0n) is 46.6. The zero-order chi connectivity index (χ0) is 57.5. The fourth-order valence-corrected chi connectivity index (χ4v) is 15.9. The van der Waals surface area contributed by atoms with Gasteiger partial charge < -0.3 is 114 Å². The molecular weight excluding hydrogens is 1030 g/mol. The van der Waals surface area contributed by atoms with Crippen molar-refractivity contribution in [2.75, 3.05) is 26.4 Å². The summed E-state index contributed by atoms with van der Waals surface area (Å²) in [5.41, 5.74) is -1.99. The van der Waals surface area contributed by atoms with Gasteiger partial charge in [-0.15, -0.1) is 0 Å². The third kappa shape index (κ3) is 10.9. The first-order valence-electron chi connectivity index (χ1n) is 28.4. The minimum atomic E-state index is -1.93. The lowest BCUT2D eigenvalue weighted by Gasteiger charge is -2.67. The first-order valence-corrected chi connectivity index (χ1v) is 28.4. The van der Waals surface area contributed by atoms with Gasteiger partial charge in [0.05, 0.1) is 62.5 Å². The van der Waals surface area contributed by atoms with E-state index in [0.29, 0.717) is 25.7 Å². The molecule has 0 radical (unpaired) electrons. The number of rotatable bonds is 17. The summed E-state index contributed by atoms with van der Waals surface area (Å²) >= 11 is 0. The zero-order valence-corrected chi connectivity index (χ0v) is 46.6. The average molecular weight is 1120 g/mol. The number of ether oxygens (including phenoxy) is 8. The summed E-state index contributed by atoms with van der Waals surface area (Å²) in [7, 11) is 0. The standard InChI is InChI=1S/C55H94O23/c1-23(25-16-17-53(7)32-13-11-26-27(55(32,9)33(60)18-54(25,53)8)12-15-34(51(26,3)4)75-47-42(67)39(64)37(62)29(20-57)72-47)10-14-35(52(5,6)70)76-50-46(78-49-43(68)40(65)38(63)30(21-58)73-49)44(69)45(31(22-59)74-50)77-48-41(66)36(61)24(2)28(19-56)71-48/h11,23-25,27-50,56-70H,10,12-22H2,1-9H3/t23-,24-,25?,27?,28-,29-,30+,31-,32?,33-,34+,35-,36+,37-,38+,39+,40-,41-,42-,43+,44+,45-,46-,47+,48-,49-,50+,53+,54-,55+/m1/s1. The third-order valence-corrected chi connectivity index (χ3v) is 21.2. The summed E-state index contributed by atoms with van der Waals surface area (Å²) in [4.78, 5) is 0. The van der Waals surface area contributed by atoms with E-state index in [0.717, 1.165) is 19.3 Å². The van der Waals surface area contributed by atoms with Gasteiger partial charge in [-0.25, -0.2) is 0 Å². The largest absolute Gasteiger partial charge is 0.394 e. The molecule has 4 aliphatic heterocycles. The Morgan fingerprint density at radius 2 is 1.10 bits per heavy atom. The molecule has 3 unspecified atom stereocenters. The van der Waals surface area contributed by atoms with Gasteiger partial charge in [-0.2, -0.15) is 0 Å². The highest BCUT2D eigenvalue weighted by Gasteiger charge is 2.70. The highest BCUT2D eigenvalue weighted by Crippen LogP contribution is 2.75. The van der Waals surface area contributed by atoms with Crippen LogP contribution in [0, 0.1) is 51.2 Å². The van der Waals surface area contributed by atoms with Crippen molar-refractivity contribution in [3.05, 3.63) is 11.6 Å². The lowest BCUT2D eigenvalue weighted by atomic mass is 9.38. The second kappa shape index (κ2) is 23.7. The summed E-state index contributed by atoms with van der Waals surface area (Å²) in [5.74, 6) is -0.443. The maximum Gasteiger partial charge on any atom is 0.187 e.